The van der Waals surface area contributed by atoms with Gasteiger partial charge < -0.3 is 19.7 Å². The third kappa shape index (κ3) is 5.33. The summed E-state index contributed by atoms with van der Waals surface area (Å²) in [6.07, 6.45) is 2.84. The number of likely N-dealkylation sites (N-methyl/N-ethyl adjacent to an activating group) is 1. The summed E-state index contributed by atoms with van der Waals surface area (Å²) in [5, 5.41) is 1.23. The molecule has 2 aromatic carbocycles. The number of nitrogens with zero attached hydrogens (tertiary/aromatic N) is 5. The first-order valence-corrected chi connectivity index (χ1v) is 15.8. The van der Waals surface area contributed by atoms with Crippen molar-refractivity contribution in [1.82, 2.24) is 24.0 Å². The number of aromatic nitrogens is 1. The van der Waals surface area contributed by atoms with Crippen molar-refractivity contribution in [2.24, 2.45) is 4.99 Å². The largest absolute Gasteiger partial charge is 0.358 e. The van der Waals surface area contributed by atoms with E-state index in [4.69, 9.17) is 11.6 Å². The molecule has 0 saturated carbocycles. The highest BCUT2D eigenvalue weighted by Gasteiger charge is 2.42. The number of likely N-dealkylation sites (tertiary alicyclic amines) is 1. The molecule has 216 valence electrons. The van der Waals surface area contributed by atoms with Crippen LogP contribution in [0.5, 0.6) is 0 Å². The monoisotopic (exact) mass is 596 g/mol. The molecule has 0 spiro atoms. The van der Waals surface area contributed by atoms with E-state index < -0.39 is 16.1 Å². The van der Waals surface area contributed by atoms with E-state index in [0.717, 1.165) is 43.8 Å². The molecule has 1 N–H and O–H groups in total. The molecule has 6 rings (SSSR count). The summed E-state index contributed by atoms with van der Waals surface area (Å²) in [5.74, 6) is 0.395. The highest BCUT2D eigenvalue weighted by molar-refractivity contribution is 7.89. The van der Waals surface area contributed by atoms with Gasteiger partial charge in [0, 0.05) is 73.4 Å². The molecule has 2 amide bonds. The maximum Gasteiger partial charge on any atom is 0.258 e. The molecule has 1 aromatic heterocycles. The highest BCUT2D eigenvalue weighted by atomic mass is 35.5. The van der Waals surface area contributed by atoms with Crippen LogP contribution in [0.3, 0.4) is 0 Å². The van der Waals surface area contributed by atoms with Crippen LogP contribution in [0.4, 0.5) is 0 Å². The lowest BCUT2D eigenvalue weighted by Gasteiger charge is -2.42. The van der Waals surface area contributed by atoms with Crippen LogP contribution in [0, 0.1) is 0 Å². The minimum Gasteiger partial charge on any atom is -0.358 e. The first-order chi connectivity index (χ1) is 19.7. The van der Waals surface area contributed by atoms with Crippen molar-refractivity contribution in [3.63, 3.8) is 0 Å². The van der Waals surface area contributed by atoms with E-state index in [1.807, 2.05) is 19.2 Å². The fourth-order valence-electron chi connectivity index (χ4n) is 5.88. The molecule has 0 aliphatic carbocycles. The van der Waals surface area contributed by atoms with Crippen molar-refractivity contribution in [2.75, 3.05) is 52.9 Å². The van der Waals surface area contributed by atoms with Gasteiger partial charge in [-0.15, -0.1) is 0 Å². The molecule has 2 saturated heterocycles. The Hall–Kier alpha value is -3.41. The van der Waals surface area contributed by atoms with Gasteiger partial charge in [-0.3, -0.25) is 14.6 Å². The number of hydrogen-bond donors (Lipinski definition) is 1. The van der Waals surface area contributed by atoms with Crippen molar-refractivity contribution in [3.05, 3.63) is 64.7 Å². The van der Waals surface area contributed by atoms with Gasteiger partial charge in [-0.1, -0.05) is 23.7 Å². The third-order valence-electron chi connectivity index (χ3n) is 8.18. The lowest BCUT2D eigenvalue weighted by molar-refractivity contribution is -0.138. The predicted octanol–water partition coefficient (Wildman–Crippen LogP) is 3.04. The third-order valence-corrected chi connectivity index (χ3v) is 10.2. The molecule has 41 heavy (non-hydrogen) atoms. The molecule has 4 heterocycles. The Labute approximate surface area is 244 Å². The van der Waals surface area contributed by atoms with E-state index in [-0.39, 0.29) is 36.5 Å². The summed E-state index contributed by atoms with van der Waals surface area (Å²) in [6, 6.07) is 13.0. The van der Waals surface area contributed by atoms with Gasteiger partial charge in [0.25, 0.3) is 15.9 Å². The van der Waals surface area contributed by atoms with Crippen LogP contribution in [0.25, 0.3) is 10.9 Å². The lowest BCUT2D eigenvalue weighted by atomic mass is 10.0. The number of halogens is 1. The van der Waals surface area contributed by atoms with Crippen molar-refractivity contribution >= 4 is 50.2 Å². The molecule has 10 nitrogen and oxygen atoms in total. The van der Waals surface area contributed by atoms with Crippen molar-refractivity contribution < 1.29 is 18.0 Å². The molecule has 3 aliphatic rings. The Morgan fingerprint density at radius 2 is 1.71 bits per heavy atom. The topological polar surface area (TPSA) is 109 Å². The van der Waals surface area contributed by atoms with E-state index in [9.17, 15) is 18.0 Å². The normalized spacial score (nSPS) is 20.5. The summed E-state index contributed by atoms with van der Waals surface area (Å²) < 4.78 is 28.8. The van der Waals surface area contributed by atoms with Crippen LogP contribution in [-0.2, 0) is 14.8 Å². The quantitative estimate of drug-likeness (QED) is 0.487. The van der Waals surface area contributed by atoms with E-state index >= 15 is 0 Å². The number of hydrogen-bond acceptors (Lipinski definition) is 6. The number of rotatable bonds is 5. The van der Waals surface area contributed by atoms with Crippen LogP contribution in [0.1, 0.15) is 35.2 Å². The molecule has 0 radical (unpaired) electrons. The summed E-state index contributed by atoms with van der Waals surface area (Å²) in [5.41, 5.74) is 2.04. The number of sulfonamides is 1. The molecule has 0 bridgehead atoms. The molecule has 2 fully saturated rings. The maximum atomic E-state index is 13.8. The van der Waals surface area contributed by atoms with Gasteiger partial charge in [-0.2, -0.15) is 4.31 Å². The fraction of sp³-hybridized carbons (Fsp3) is 0.414. The molecule has 12 heteroatoms. The second-order valence-electron chi connectivity index (χ2n) is 10.8. The molecule has 3 aliphatic heterocycles. The number of aliphatic imine (C=N–C) groups is 1. The second-order valence-corrected chi connectivity index (χ2v) is 13.2. The van der Waals surface area contributed by atoms with Crippen LogP contribution >= 0.6 is 11.6 Å². The maximum absolute atomic E-state index is 13.8. The van der Waals surface area contributed by atoms with Gasteiger partial charge in [0.2, 0.25) is 5.91 Å². The Balaban J connectivity index is 1.27. The standard InChI is InChI=1S/C29H33ClN6O4S/c1-33-14-11-31-27(33)20-5-7-21(8-6-20)28(37)36-16-15-35(19-25(36)29(38)34-12-3-2-4-13-34)41(39,40)26-18-22-17-23(30)9-10-24(22)32-26/h5-10,17-18,25,32H,2-4,11-16,19H2,1H3. The average Bonchev–Trinajstić information content (AvgIpc) is 3.63. The lowest BCUT2D eigenvalue weighted by Crippen LogP contribution is -2.62. The van der Waals surface area contributed by atoms with Crippen LogP contribution in [-0.4, -0.2) is 109 Å². The zero-order valence-corrected chi connectivity index (χ0v) is 24.5. The number of piperazine rings is 1. The van der Waals surface area contributed by atoms with Crippen LogP contribution in [0.15, 0.2) is 58.5 Å². The van der Waals surface area contributed by atoms with Gasteiger partial charge in [-0.05, 0) is 55.7 Å². The fourth-order valence-corrected chi connectivity index (χ4v) is 7.52. The highest BCUT2D eigenvalue weighted by Crippen LogP contribution is 2.27. The van der Waals surface area contributed by atoms with E-state index in [1.54, 1.807) is 46.2 Å². The number of aromatic amines is 1. The van der Waals surface area contributed by atoms with Gasteiger partial charge in [0.1, 0.15) is 16.9 Å². The number of amidine groups is 1. The number of nitrogens with one attached hydrogen (secondary N) is 1. The smallest absolute Gasteiger partial charge is 0.258 e. The van der Waals surface area contributed by atoms with Gasteiger partial charge in [-0.25, -0.2) is 8.42 Å². The zero-order chi connectivity index (χ0) is 28.7. The van der Waals surface area contributed by atoms with Gasteiger partial charge >= 0.3 is 0 Å². The first kappa shape index (κ1) is 27.7. The number of carbonyl (C=O) groups is 2. The number of H-pyrrole nitrogens is 1. The van der Waals surface area contributed by atoms with E-state index in [2.05, 4.69) is 14.9 Å². The molecule has 1 atom stereocenters. The van der Waals surface area contributed by atoms with E-state index in [0.29, 0.717) is 34.6 Å². The Bertz CT molecular complexity index is 1610. The summed E-state index contributed by atoms with van der Waals surface area (Å²) in [6.45, 7) is 2.88. The molecule has 1 unspecified atom stereocenters. The second kappa shape index (κ2) is 11.1. The minimum atomic E-state index is -3.96. The Kier molecular flexibility index (Phi) is 7.52. The van der Waals surface area contributed by atoms with Crippen molar-refractivity contribution in [2.45, 2.75) is 30.3 Å². The first-order valence-electron chi connectivity index (χ1n) is 14.0. The number of fused-ring (bicyclic) bond motifs is 1. The van der Waals surface area contributed by atoms with Crippen LogP contribution in [0.2, 0.25) is 5.02 Å². The number of amides is 2. The molecule has 3 aromatic rings. The molecular formula is C29H33ClN6O4S. The summed E-state index contributed by atoms with van der Waals surface area (Å²) in [7, 11) is -1.97. The Morgan fingerprint density at radius 1 is 0.951 bits per heavy atom. The summed E-state index contributed by atoms with van der Waals surface area (Å²) in [4.78, 5) is 40.5. The van der Waals surface area contributed by atoms with Gasteiger partial charge in [0.05, 0.1) is 6.54 Å². The number of carbonyl (C=O) groups excluding carboxylic acids is 2. The van der Waals surface area contributed by atoms with Gasteiger partial charge in [0.15, 0.2) is 0 Å². The minimum absolute atomic E-state index is 0.0362. The zero-order valence-electron chi connectivity index (χ0n) is 22.9. The van der Waals surface area contributed by atoms with E-state index in [1.165, 1.54) is 4.31 Å². The average molecular weight is 597 g/mol. The molecular weight excluding hydrogens is 564 g/mol. The Morgan fingerprint density at radius 3 is 2.41 bits per heavy atom. The van der Waals surface area contributed by atoms with Crippen molar-refractivity contribution in [1.29, 1.82) is 0 Å². The SMILES string of the molecule is CN1CCN=C1c1ccc(C(=O)N2CCN(S(=O)(=O)c3cc4cc(Cl)ccc4[nH]3)CC2C(=O)N2CCCCC2)cc1. The number of benzene rings is 2. The number of piperidine rings is 1. The predicted molar refractivity (Wildman–Crippen MR) is 158 cm³/mol. The summed E-state index contributed by atoms with van der Waals surface area (Å²) >= 11 is 6.10. The van der Waals surface area contributed by atoms with Crippen molar-refractivity contribution in [3.8, 4) is 0 Å². The van der Waals surface area contributed by atoms with Crippen LogP contribution < -0.4 is 0 Å².